The van der Waals surface area contributed by atoms with Crippen LogP contribution in [0.2, 0.25) is 0 Å². The zero-order valence-corrected chi connectivity index (χ0v) is 10.6. The third-order valence-corrected chi connectivity index (χ3v) is 2.78. The molecule has 3 nitrogen and oxygen atoms in total. The molecule has 2 atom stereocenters. The van der Waals surface area contributed by atoms with Gasteiger partial charge in [0.25, 0.3) is 0 Å². The minimum Gasteiger partial charge on any atom is -0.384 e. The molecule has 2 unspecified atom stereocenters. The van der Waals surface area contributed by atoms with Gasteiger partial charge in [-0.2, -0.15) is 0 Å². The molecule has 0 rings (SSSR count). The first kappa shape index (κ1) is 14.9. The van der Waals surface area contributed by atoms with Crippen molar-refractivity contribution in [3.8, 4) is 0 Å². The van der Waals surface area contributed by atoms with Crippen LogP contribution in [0.25, 0.3) is 0 Å². The molecule has 0 aromatic rings. The molecule has 0 radical (unpaired) electrons. The first-order valence-electron chi connectivity index (χ1n) is 6.19. The van der Waals surface area contributed by atoms with Gasteiger partial charge >= 0.3 is 0 Å². The molecule has 0 fully saturated rings. The van der Waals surface area contributed by atoms with Gasteiger partial charge in [0.2, 0.25) is 0 Å². The highest BCUT2D eigenvalue weighted by atomic mass is 16.5. The highest BCUT2D eigenvalue weighted by molar-refractivity contribution is 4.67. The fraction of sp³-hybridized carbons (Fsp3) is 1.00. The standard InChI is InChI=1S/C12H28N2O/c1-4-5-6-7-8-12(14-13)9-11(2)10-15-3/h11-12,14H,4-10,13H2,1-3H3. The van der Waals surface area contributed by atoms with Crippen LogP contribution in [-0.4, -0.2) is 19.8 Å². The van der Waals surface area contributed by atoms with E-state index in [0.29, 0.717) is 12.0 Å². The lowest BCUT2D eigenvalue weighted by molar-refractivity contribution is 0.148. The summed E-state index contributed by atoms with van der Waals surface area (Å²) in [6, 6.07) is 0.451. The lowest BCUT2D eigenvalue weighted by Crippen LogP contribution is -2.36. The average Bonchev–Trinajstić information content (AvgIpc) is 2.23. The Morgan fingerprint density at radius 3 is 2.53 bits per heavy atom. The second-order valence-corrected chi connectivity index (χ2v) is 4.51. The second-order valence-electron chi connectivity index (χ2n) is 4.51. The number of hydrogen-bond acceptors (Lipinski definition) is 3. The van der Waals surface area contributed by atoms with Crippen LogP contribution >= 0.6 is 0 Å². The van der Waals surface area contributed by atoms with Crippen LogP contribution in [0.3, 0.4) is 0 Å². The van der Waals surface area contributed by atoms with E-state index in [2.05, 4.69) is 19.3 Å². The van der Waals surface area contributed by atoms with Gasteiger partial charge in [-0.3, -0.25) is 11.3 Å². The summed E-state index contributed by atoms with van der Waals surface area (Å²) in [4.78, 5) is 0. The van der Waals surface area contributed by atoms with Crippen molar-refractivity contribution >= 4 is 0 Å². The van der Waals surface area contributed by atoms with Crippen molar-refractivity contribution in [2.75, 3.05) is 13.7 Å². The Bertz CT molecular complexity index is 131. The molecule has 3 heteroatoms. The fourth-order valence-corrected chi connectivity index (χ4v) is 1.93. The smallest absolute Gasteiger partial charge is 0.0488 e. The molecule has 0 aliphatic heterocycles. The van der Waals surface area contributed by atoms with Gasteiger partial charge < -0.3 is 4.74 Å². The van der Waals surface area contributed by atoms with E-state index in [9.17, 15) is 0 Å². The molecular formula is C12H28N2O. The number of rotatable bonds is 10. The summed E-state index contributed by atoms with van der Waals surface area (Å²) in [6.45, 7) is 5.27. The Balaban J connectivity index is 3.53. The Morgan fingerprint density at radius 2 is 2.00 bits per heavy atom. The summed E-state index contributed by atoms with van der Waals surface area (Å²) in [5, 5.41) is 0. The molecule has 0 heterocycles. The predicted molar refractivity (Wildman–Crippen MR) is 65.5 cm³/mol. The quantitative estimate of drug-likeness (QED) is 0.335. The molecule has 0 aromatic carbocycles. The molecule has 0 saturated heterocycles. The molecular weight excluding hydrogens is 188 g/mol. The maximum Gasteiger partial charge on any atom is 0.0488 e. The van der Waals surface area contributed by atoms with Gasteiger partial charge in [-0.05, 0) is 18.8 Å². The van der Waals surface area contributed by atoms with E-state index >= 15 is 0 Å². The van der Waals surface area contributed by atoms with E-state index in [1.807, 2.05) is 0 Å². The first-order valence-corrected chi connectivity index (χ1v) is 6.19. The van der Waals surface area contributed by atoms with Crippen LogP contribution < -0.4 is 11.3 Å². The van der Waals surface area contributed by atoms with Gasteiger partial charge in [-0.15, -0.1) is 0 Å². The third kappa shape index (κ3) is 8.85. The van der Waals surface area contributed by atoms with E-state index in [-0.39, 0.29) is 0 Å². The average molecular weight is 216 g/mol. The number of unbranched alkanes of at least 4 members (excludes halogenated alkanes) is 3. The molecule has 3 N–H and O–H groups in total. The highest BCUT2D eigenvalue weighted by Gasteiger charge is 2.11. The molecule has 0 aromatic heterocycles. The second kappa shape index (κ2) is 10.4. The van der Waals surface area contributed by atoms with Crippen molar-refractivity contribution in [3.63, 3.8) is 0 Å². The number of hydrogen-bond donors (Lipinski definition) is 2. The van der Waals surface area contributed by atoms with Crippen molar-refractivity contribution < 1.29 is 4.74 Å². The van der Waals surface area contributed by atoms with Crippen molar-refractivity contribution in [2.45, 2.75) is 58.4 Å². The monoisotopic (exact) mass is 216 g/mol. The van der Waals surface area contributed by atoms with E-state index < -0.39 is 0 Å². The molecule has 0 saturated carbocycles. The lowest BCUT2D eigenvalue weighted by atomic mass is 9.98. The van der Waals surface area contributed by atoms with Crippen molar-refractivity contribution in [1.29, 1.82) is 0 Å². The summed E-state index contributed by atoms with van der Waals surface area (Å²) in [7, 11) is 1.75. The maximum atomic E-state index is 5.54. The first-order chi connectivity index (χ1) is 7.24. The predicted octanol–water partition coefficient (Wildman–Crippen LogP) is 2.46. The number of methoxy groups -OCH3 is 1. The minimum absolute atomic E-state index is 0.451. The molecule has 0 amide bonds. The van der Waals surface area contributed by atoms with Gasteiger partial charge in [0.1, 0.15) is 0 Å². The third-order valence-electron chi connectivity index (χ3n) is 2.78. The summed E-state index contributed by atoms with van der Waals surface area (Å²) in [5.74, 6) is 6.13. The Morgan fingerprint density at radius 1 is 1.27 bits per heavy atom. The van der Waals surface area contributed by atoms with Crippen LogP contribution in [0.15, 0.2) is 0 Å². The van der Waals surface area contributed by atoms with Crippen molar-refractivity contribution in [3.05, 3.63) is 0 Å². The van der Waals surface area contributed by atoms with Crippen molar-refractivity contribution in [2.24, 2.45) is 11.8 Å². The Kier molecular flexibility index (Phi) is 10.3. The van der Waals surface area contributed by atoms with Gasteiger partial charge in [0.05, 0.1) is 0 Å². The number of ether oxygens (including phenoxy) is 1. The number of nitrogens with two attached hydrogens (primary N) is 1. The number of nitrogens with one attached hydrogen (secondary N) is 1. The Hall–Kier alpha value is -0.120. The van der Waals surface area contributed by atoms with Crippen LogP contribution in [0.5, 0.6) is 0 Å². The fourth-order valence-electron chi connectivity index (χ4n) is 1.93. The van der Waals surface area contributed by atoms with Gasteiger partial charge in [-0.1, -0.05) is 39.5 Å². The summed E-state index contributed by atoms with van der Waals surface area (Å²) >= 11 is 0. The van der Waals surface area contributed by atoms with Crippen LogP contribution in [0.4, 0.5) is 0 Å². The van der Waals surface area contributed by atoms with E-state index in [0.717, 1.165) is 13.0 Å². The van der Waals surface area contributed by atoms with Crippen molar-refractivity contribution in [1.82, 2.24) is 5.43 Å². The SMILES string of the molecule is CCCCCCC(CC(C)COC)NN. The Labute approximate surface area is 94.7 Å². The minimum atomic E-state index is 0.451. The van der Waals surface area contributed by atoms with Crippen LogP contribution in [0.1, 0.15) is 52.4 Å². The van der Waals surface area contributed by atoms with Gasteiger partial charge in [0, 0.05) is 19.8 Å². The zero-order chi connectivity index (χ0) is 11.5. The molecule has 15 heavy (non-hydrogen) atoms. The maximum absolute atomic E-state index is 5.54. The summed E-state index contributed by atoms with van der Waals surface area (Å²) in [6.07, 6.45) is 7.53. The topological polar surface area (TPSA) is 47.3 Å². The largest absolute Gasteiger partial charge is 0.384 e. The lowest BCUT2D eigenvalue weighted by Gasteiger charge is -2.19. The van der Waals surface area contributed by atoms with E-state index in [4.69, 9.17) is 10.6 Å². The number of hydrazine groups is 1. The van der Waals surface area contributed by atoms with Gasteiger partial charge in [0.15, 0.2) is 0 Å². The summed E-state index contributed by atoms with van der Waals surface area (Å²) < 4.78 is 5.12. The molecule has 92 valence electrons. The van der Waals surface area contributed by atoms with E-state index in [1.165, 1.54) is 32.1 Å². The van der Waals surface area contributed by atoms with Gasteiger partial charge in [-0.25, -0.2) is 0 Å². The normalized spacial score (nSPS) is 15.2. The molecule has 0 aliphatic rings. The summed E-state index contributed by atoms with van der Waals surface area (Å²) in [5.41, 5.74) is 2.91. The van der Waals surface area contributed by atoms with Crippen LogP contribution in [-0.2, 0) is 4.74 Å². The molecule has 0 spiro atoms. The zero-order valence-electron chi connectivity index (χ0n) is 10.6. The molecule has 0 aliphatic carbocycles. The highest BCUT2D eigenvalue weighted by Crippen LogP contribution is 2.12. The van der Waals surface area contributed by atoms with E-state index in [1.54, 1.807) is 7.11 Å². The van der Waals surface area contributed by atoms with Crippen LogP contribution in [0, 0.1) is 5.92 Å². The molecule has 0 bridgehead atoms.